The van der Waals surface area contributed by atoms with Gasteiger partial charge in [-0.05, 0) is 26.0 Å². The normalized spacial score (nSPS) is 12.8. The third-order valence-electron chi connectivity index (χ3n) is 2.30. The average molecular weight is 223 g/mol. The van der Waals surface area contributed by atoms with E-state index in [0.29, 0.717) is 13.2 Å². The second-order valence-electron chi connectivity index (χ2n) is 4.25. The van der Waals surface area contributed by atoms with Crippen molar-refractivity contribution < 1.29 is 9.84 Å². The molecule has 0 bridgehead atoms. The Kier molecular flexibility index (Phi) is 5.29. The number of aliphatic hydroxyl groups is 1. The minimum absolute atomic E-state index is 0.164. The highest BCUT2D eigenvalue weighted by atomic mass is 16.5. The van der Waals surface area contributed by atoms with E-state index in [1.54, 1.807) is 0 Å². The number of benzene rings is 1. The third-order valence-corrected chi connectivity index (χ3v) is 2.30. The molecule has 1 unspecified atom stereocenters. The highest BCUT2D eigenvalue weighted by Gasteiger charge is 2.09. The quantitative estimate of drug-likeness (QED) is 0.799. The summed E-state index contributed by atoms with van der Waals surface area (Å²) in [5.74, 6) is 0. The van der Waals surface area contributed by atoms with Crippen molar-refractivity contribution in [2.45, 2.75) is 26.1 Å². The van der Waals surface area contributed by atoms with Crippen LogP contribution < -0.4 is 4.90 Å². The van der Waals surface area contributed by atoms with Gasteiger partial charge in [-0.15, -0.1) is 0 Å². The van der Waals surface area contributed by atoms with Crippen LogP contribution in [0.25, 0.3) is 0 Å². The van der Waals surface area contributed by atoms with Gasteiger partial charge in [0.05, 0.1) is 18.8 Å². The van der Waals surface area contributed by atoms with E-state index in [9.17, 15) is 5.11 Å². The minimum atomic E-state index is -0.451. The number of likely N-dealkylation sites (N-methyl/N-ethyl adjacent to an activating group) is 1. The second kappa shape index (κ2) is 6.51. The van der Waals surface area contributed by atoms with Crippen molar-refractivity contribution in [3.05, 3.63) is 30.3 Å². The third kappa shape index (κ3) is 4.64. The van der Waals surface area contributed by atoms with Gasteiger partial charge in [0.25, 0.3) is 0 Å². The lowest BCUT2D eigenvalue weighted by molar-refractivity contribution is 0.00927. The van der Waals surface area contributed by atoms with Gasteiger partial charge in [-0.2, -0.15) is 0 Å². The summed E-state index contributed by atoms with van der Waals surface area (Å²) in [5.41, 5.74) is 1.10. The lowest BCUT2D eigenvalue weighted by Crippen LogP contribution is -2.32. The number of hydrogen-bond donors (Lipinski definition) is 1. The molecule has 0 aliphatic carbocycles. The SMILES string of the molecule is CC(C)OCC(O)CN(C)c1ccccc1. The predicted molar refractivity (Wildman–Crippen MR) is 66.8 cm³/mol. The number of rotatable bonds is 6. The molecule has 0 saturated carbocycles. The number of anilines is 1. The van der Waals surface area contributed by atoms with Gasteiger partial charge in [-0.3, -0.25) is 0 Å². The van der Waals surface area contributed by atoms with Crippen LogP contribution in [0.1, 0.15) is 13.8 Å². The summed E-state index contributed by atoms with van der Waals surface area (Å²) >= 11 is 0. The van der Waals surface area contributed by atoms with Gasteiger partial charge < -0.3 is 14.7 Å². The van der Waals surface area contributed by atoms with Crippen LogP contribution in [0.5, 0.6) is 0 Å². The summed E-state index contributed by atoms with van der Waals surface area (Å²) < 4.78 is 5.36. The molecule has 1 rings (SSSR count). The summed E-state index contributed by atoms with van der Waals surface area (Å²) in [6.07, 6.45) is -0.288. The number of hydrogen-bond acceptors (Lipinski definition) is 3. The number of ether oxygens (including phenoxy) is 1. The zero-order chi connectivity index (χ0) is 12.0. The molecular formula is C13H21NO2. The molecule has 3 heteroatoms. The average Bonchev–Trinajstić information content (AvgIpc) is 2.27. The Bertz CT molecular complexity index is 287. The van der Waals surface area contributed by atoms with Crippen molar-refractivity contribution in [3.8, 4) is 0 Å². The number of nitrogens with zero attached hydrogens (tertiary/aromatic N) is 1. The molecule has 1 N–H and O–H groups in total. The fourth-order valence-corrected chi connectivity index (χ4v) is 1.46. The van der Waals surface area contributed by atoms with Crippen molar-refractivity contribution >= 4 is 5.69 Å². The van der Waals surface area contributed by atoms with Crippen molar-refractivity contribution in [3.63, 3.8) is 0 Å². The monoisotopic (exact) mass is 223 g/mol. The second-order valence-corrected chi connectivity index (χ2v) is 4.25. The maximum atomic E-state index is 9.76. The first-order valence-corrected chi connectivity index (χ1v) is 5.65. The molecule has 0 spiro atoms. The summed E-state index contributed by atoms with van der Waals surface area (Å²) in [4.78, 5) is 2.02. The number of aliphatic hydroxyl groups excluding tert-OH is 1. The molecule has 0 aliphatic rings. The highest BCUT2D eigenvalue weighted by molar-refractivity contribution is 5.45. The van der Waals surface area contributed by atoms with Crippen LogP contribution in [-0.4, -0.2) is 37.5 Å². The Morgan fingerprint density at radius 2 is 1.88 bits per heavy atom. The van der Waals surface area contributed by atoms with E-state index < -0.39 is 6.10 Å². The minimum Gasteiger partial charge on any atom is -0.389 e. The fraction of sp³-hybridized carbons (Fsp3) is 0.538. The van der Waals surface area contributed by atoms with Crippen LogP contribution in [0, 0.1) is 0 Å². The molecule has 0 heterocycles. The lowest BCUT2D eigenvalue weighted by atomic mass is 10.2. The molecule has 0 aromatic heterocycles. The topological polar surface area (TPSA) is 32.7 Å². The van der Waals surface area contributed by atoms with Crippen molar-refractivity contribution in [1.29, 1.82) is 0 Å². The zero-order valence-corrected chi connectivity index (χ0v) is 10.3. The number of para-hydroxylation sites is 1. The smallest absolute Gasteiger partial charge is 0.0948 e. The first kappa shape index (κ1) is 13.0. The molecule has 90 valence electrons. The summed E-state index contributed by atoms with van der Waals surface area (Å²) in [5, 5.41) is 9.76. The maximum absolute atomic E-state index is 9.76. The molecule has 16 heavy (non-hydrogen) atoms. The maximum Gasteiger partial charge on any atom is 0.0948 e. The van der Waals surface area contributed by atoms with Crippen LogP contribution >= 0.6 is 0 Å². The fourth-order valence-electron chi connectivity index (χ4n) is 1.46. The summed E-state index contributed by atoms with van der Waals surface area (Å²) in [7, 11) is 1.97. The van der Waals surface area contributed by atoms with Crippen LogP contribution in [0.2, 0.25) is 0 Å². The largest absolute Gasteiger partial charge is 0.389 e. The molecule has 0 aliphatic heterocycles. The van der Waals surface area contributed by atoms with E-state index in [4.69, 9.17) is 4.74 Å². The van der Waals surface area contributed by atoms with Gasteiger partial charge in [-0.25, -0.2) is 0 Å². The Morgan fingerprint density at radius 3 is 2.44 bits per heavy atom. The van der Waals surface area contributed by atoms with Gasteiger partial charge in [0, 0.05) is 19.3 Å². The van der Waals surface area contributed by atoms with Gasteiger partial charge in [0.2, 0.25) is 0 Å². The van der Waals surface area contributed by atoms with Crippen molar-refractivity contribution in [2.24, 2.45) is 0 Å². The molecule has 0 saturated heterocycles. The van der Waals surface area contributed by atoms with Crippen molar-refractivity contribution in [1.82, 2.24) is 0 Å². The summed E-state index contributed by atoms with van der Waals surface area (Å²) in [6.45, 7) is 4.90. The Labute approximate surface area is 97.7 Å². The molecule has 3 nitrogen and oxygen atoms in total. The van der Waals surface area contributed by atoms with E-state index in [2.05, 4.69) is 0 Å². The molecular weight excluding hydrogens is 202 g/mol. The van der Waals surface area contributed by atoms with Crippen LogP contribution in [0.4, 0.5) is 5.69 Å². The standard InChI is InChI=1S/C13H21NO2/c1-11(2)16-10-13(15)9-14(3)12-7-5-4-6-8-12/h4-8,11,13,15H,9-10H2,1-3H3. The van der Waals surface area contributed by atoms with E-state index in [1.165, 1.54) is 0 Å². The first-order valence-electron chi connectivity index (χ1n) is 5.65. The van der Waals surface area contributed by atoms with Gasteiger partial charge in [0.1, 0.15) is 0 Å². The van der Waals surface area contributed by atoms with Crippen LogP contribution in [-0.2, 0) is 4.74 Å². The summed E-state index contributed by atoms with van der Waals surface area (Å²) in [6, 6.07) is 10.0. The van der Waals surface area contributed by atoms with E-state index in [1.807, 2.05) is 56.1 Å². The van der Waals surface area contributed by atoms with E-state index in [0.717, 1.165) is 5.69 Å². The molecule has 0 radical (unpaired) electrons. The first-order chi connectivity index (χ1) is 7.59. The van der Waals surface area contributed by atoms with Crippen LogP contribution in [0.3, 0.4) is 0 Å². The van der Waals surface area contributed by atoms with Crippen LogP contribution in [0.15, 0.2) is 30.3 Å². The highest BCUT2D eigenvalue weighted by Crippen LogP contribution is 2.11. The van der Waals surface area contributed by atoms with Gasteiger partial charge >= 0.3 is 0 Å². The predicted octanol–water partition coefficient (Wildman–Crippen LogP) is 1.91. The van der Waals surface area contributed by atoms with E-state index in [-0.39, 0.29) is 6.10 Å². The molecule has 1 atom stereocenters. The zero-order valence-electron chi connectivity index (χ0n) is 10.3. The Balaban J connectivity index is 2.36. The van der Waals surface area contributed by atoms with Gasteiger partial charge in [0.15, 0.2) is 0 Å². The molecule has 1 aromatic carbocycles. The molecule has 0 fully saturated rings. The van der Waals surface area contributed by atoms with E-state index >= 15 is 0 Å². The van der Waals surface area contributed by atoms with Crippen molar-refractivity contribution in [2.75, 3.05) is 25.1 Å². The molecule has 0 amide bonds. The molecule has 1 aromatic rings. The Hall–Kier alpha value is -1.06. The van der Waals surface area contributed by atoms with Gasteiger partial charge in [-0.1, -0.05) is 18.2 Å². The Morgan fingerprint density at radius 1 is 1.25 bits per heavy atom. The lowest BCUT2D eigenvalue weighted by Gasteiger charge is -2.23.